The van der Waals surface area contributed by atoms with Gasteiger partial charge in [0.2, 0.25) is 5.91 Å². The minimum atomic E-state index is 0.0728. The molecule has 1 fully saturated rings. The quantitative estimate of drug-likeness (QED) is 0.776. The van der Waals surface area contributed by atoms with Crippen LogP contribution >= 0.6 is 0 Å². The Morgan fingerprint density at radius 2 is 2.00 bits per heavy atom. The van der Waals surface area contributed by atoms with E-state index in [1.807, 2.05) is 4.90 Å². The molecule has 0 aromatic carbocycles. The summed E-state index contributed by atoms with van der Waals surface area (Å²) in [4.78, 5) is 14.4. The molecule has 2 unspecified atom stereocenters. The molecule has 17 heavy (non-hydrogen) atoms. The van der Waals surface area contributed by atoms with Gasteiger partial charge in [0.25, 0.3) is 0 Å². The smallest absolute Gasteiger partial charge is 0.226 e. The van der Waals surface area contributed by atoms with Gasteiger partial charge < -0.3 is 10.0 Å². The molecule has 2 atom stereocenters. The molecule has 0 aromatic rings. The molecule has 0 heterocycles. The molecule has 1 amide bonds. The Hall–Kier alpha value is -0.570. The molecule has 0 saturated heterocycles. The maximum absolute atomic E-state index is 12.5. The van der Waals surface area contributed by atoms with Crippen molar-refractivity contribution in [2.24, 2.45) is 11.8 Å². The minimum Gasteiger partial charge on any atom is -0.395 e. The van der Waals surface area contributed by atoms with E-state index in [1.54, 1.807) is 0 Å². The zero-order valence-corrected chi connectivity index (χ0v) is 11.5. The molecule has 0 radical (unpaired) electrons. The highest BCUT2D eigenvalue weighted by Crippen LogP contribution is 2.33. The summed E-state index contributed by atoms with van der Waals surface area (Å²) < 4.78 is 0. The summed E-state index contributed by atoms with van der Waals surface area (Å²) in [7, 11) is 0. The fourth-order valence-corrected chi connectivity index (χ4v) is 3.04. The van der Waals surface area contributed by atoms with Gasteiger partial charge in [-0.15, -0.1) is 0 Å². The lowest BCUT2D eigenvalue weighted by molar-refractivity contribution is -0.139. The average Bonchev–Trinajstić information content (AvgIpc) is 2.75. The first kappa shape index (κ1) is 14.5. The Kier molecular flexibility index (Phi) is 5.96. The fourth-order valence-electron chi connectivity index (χ4n) is 3.04. The van der Waals surface area contributed by atoms with E-state index in [1.165, 1.54) is 12.8 Å². The highest BCUT2D eigenvalue weighted by molar-refractivity contribution is 5.79. The van der Waals surface area contributed by atoms with Gasteiger partial charge in [-0.3, -0.25) is 4.79 Å². The SMILES string of the molecule is CCC(CC)N(CCO)C(=O)C1CCCC1C. The van der Waals surface area contributed by atoms with Gasteiger partial charge in [0.05, 0.1) is 6.61 Å². The van der Waals surface area contributed by atoms with Gasteiger partial charge in [-0.1, -0.05) is 27.2 Å². The lowest BCUT2D eigenvalue weighted by Crippen LogP contribution is -2.45. The number of hydrogen-bond acceptors (Lipinski definition) is 2. The van der Waals surface area contributed by atoms with Crippen molar-refractivity contribution in [1.82, 2.24) is 4.90 Å². The Balaban J connectivity index is 2.71. The maximum atomic E-state index is 12.5. The van der Waals surface area contributed by atoms with Crippen LogP contribution in [0, 0.1) is 11.8 Å². The summed E-state index contributed by atoms with van der Waals surface area (Å²) in [5, 5.41) is 9.14. The number of rotatable bonds is 6. The van der Waals surface area contributed by atoms with Crippen molar-refractivity contribution in [2.75, 3.05) is 13.2 Å². The van der Waals surface area contributed by atoms with E-state index in [0.717, 1.165) is 19.3 Å². The monoisotopic (exact) mass is 241 g/mol. The molecule has 0 aliphatic heterocycles. The van der Waals surface area contributed by atoms with Crippen LogP contribution < -0.4 is 0 Å². The maximum Gasteiger partial charge on any atom is 0.226 e. The Morgan fingerprint density at radius 3 is 2.41 bits per heavy atom. The molecule has 1 rings (SSSR count). The predicted molar refractivity (Wildman–Crippen MR) is 69.7 cm³/mol. The number of carbonyl (C=O) groups excluding carboxylic acids is 1. The van der Waals surface area contributed by atoms with Crippen LogP contribution in [0.25, 0.3) is 0 Å². The van der Waals surface area contributed by atoms with Crippen LogP contribution in [0.1, 0.15) is 52.9 Å². The van der Waals surface area contributed by atoms with E-state index >= 15 is 0 Å². The van der Waals surface area contributed by atoms with Gasteiger partial charge in [-0.2, -0.15) is 0 Å². The van der Waals surface area contributed by atoms with Crippen LogP contribution in [0.3, 0.4) is 0 Å². The Bertz CT molecular complexity index is 238. The van der Waals surface area contributed by atoms with E-state index in [2.05, 4.69) is 20.8 Å². The van der Waals surface area contributed by atoms with Crippen molar-refractivity contribution in [3.05, 3.63) is 0 Å². The van der Waals surface area contributed by atoms with Gasteiger partial charge in [0.1, 0.15) is 0 Å². The lowest BCUT2D eigenvalue weighted by Gasteiger charge is -2.33. The molecule has 3 heteroatoms. The number of amides is 1. The standard InChI is InChI=1S/C14H27NO2/c1-4-12(5-2)15(9-10-16)14(17)13-8-6-7-11(13)3/h11-13,16H,4-10H2,1-3H3. The van der Waals surface area contributed by atoms with E-state index in [4.69, 9.17) is 5.11 Å². The molecule has 1 aliphatic rings. The van der Waals surface area contributed by atoms with Gasteiger partial charge >= 0.3 is 0 Å². The first-order valence-electron chi connectivity index (χ1n) is 7.06. The number of nitrogens with zero attached hydrogens (tertiary/aromatic N) is 1. The van der Waals surface area contributed by atoms with E-state index in [9.17, 15) is 4.79 Å². The summed E-state index contributed by atoms with van der Waals surface area (Å²) in [6.07, 6.45) is 5.33. The van der Waals surface area contributed by atoms with Crippen LogP contribution in [-0.2, 0) is 4.79 Å². The van der Waals surface area contributed by atoms with Crippen molar-refractivity contribution in [3.63, 3.8) is 0 Å². The number of aliphatic hydroxyl groups is 1. The molecule has 100 valence electrons. The summed E-state index contributed by atoms with van der Waals surface area (Å²) >= 11 is 0. The third kappa shape index (κ3) is 3.44. The Morgan fingerprint density at radius 1 is 1.35 bits per heavy atom. The highest BCUT2D eigenvalue weighted by Gasteiger charge is 2.34. The summed E-state index contributed by atoms with van der Waals surface area (Å²) in [5.74, 6) is 0.984. The van der Waals surface area contributed by atoms with Crippen LogP contribution in [0.5, 0.6) is 0 Å². The van der Waals surface area contributed by atoms with Crippen LogP contribution in [0.15, 0.2) is 0 Å². The number of aliphatic hydroxyl groups excluding tert-OH is 1. The average molecular weight is 241 g/mol. The second-order valence-electron chi connectivity index (χ2n) is 5.24. The third-order valence-electron chi connectivity index (χ3n) is 4.19. The normalized spacial score (nSPS) is 24.3. The molecule has 0 aromatic heterocycles. The van der Waals surface area contributed by atoms with Crippen LogP contribution in [0.4, 0.5) is 0 Å². The molecular formula is C14H27NO2. The van der Waals surface area contributed by atoms with Gasteiger partial charge in [-0.05, 0) is 31.6 Å². The van der Waals surface area contributed by atoms with E-state index in [-0.39, 0.29) is 18.4 Å². The molecule has 0 bridgehead atoms. The second-order valence-corrected chi connectivity index (χ2v) is 5.24. The zero-order valence-electron chi connectivity index (χ0n) is 11.5. The first-order valence-corrected chi connectivity index (χ1v) is 7.06. The van der Waals surface area contributed by atoms with Gasteiger partial charge in [-0.25, -0.2) is 0 Å². The summed E-state index contributed by atoms with van der Waals surface area (Å²) in [5.41, 5.74) is 0. The van der Waals surface area contributed by atoms with E-state index < -0.39 is 0 Å². The first-order chi connectivity index (χ1) is 8.15. The highest BCUT2D eigenvalue weighted by atomic mass is 16.3. The predicted octanol–water partition coefficient (Wildman–Crippen LogP) is 2.43. The zero-order chi connectivity index (χ0) is 12.8. The molecule has 0 spiro atoms. The molecule has 1 saturated carbocycles. The van der Waals surface area contributed by atoms with Crippen molar-refractivity contribution in [1.29, 1.82) is 0 Å². The van der Waals surface area contributed by atoms with Crippen molar-refractivity contribution in [3.8, 4) is 0 Å². The van der Waals surface area contributed by atoms with Crippen LogP contribution in [-0.4, -0.2) is 35.1 Å². The van der Waals surface area contributed by atoms with Gasteiger partial charge in [0.15, 0.2) is 0 Å². The lowest BCUT2D eigenvalue weighted by atomic mass is 9.95. The summed E-state index contributed by atoms with van der Waals surface area (Å²) in [6.45, 7) is 6.98. The van der Waals surface area contributed by atoms with Crippen molar-refractivity contribution < 1.29 is 9.90 Å². The molecular weight excluding hydrogens is 214 g/mol. The topological polar surface area (TPSA) is 40.5 Å². The molecule has 3 nitrogen and oxygen atoms in total. The largest absolute Gasteiger partial charge is 0.395 e. The van der Waals surface area contributed by atoms with Crippen molar-refractivity contribution >= 4 is 5.91 Å². The Labute approximate surface area is 105 Å². The summed E-state index contributed by atoms with van der Waals surface area (Å²) in [6, 6.07) is 0.294. The molecule has 1 N–H and O–H groups in total. The van der Waals surface area contributed by atoms with Crippen LogP contribution in [0.2, 0.25) is 0 Å². The third-order valence-corrected chi connectivity index (χ3v) is 4.19. The van der Waals surface area contributed by atoms with Gasteiger partial charge in [0, 0.05) is 18.5 Å². The second kappa shape index (κ2) is 7.00. The molecule has 1 aliphatic carbocycles. The van der Waals surface area contributed by atoms with E-state index in [0.29, 0.717) is 18.5 Å². The number of hydrogen-bond donors (Lipinski definition) is 1. The fraction of sp³-hybridized carbons (Fsp3) is 0.929. The minimum absolute atomic E-state index is 0.0728. The van der Waals surface area contributed by atoms with Crippen molar-refractivity contribution in [2.45, 2.75) is 58.9 Å². The number of carbonyl (C=O) groups is 1.